The Hall–Kier alpha value is -5.29. The zero-order valence-corrected chi connectivity index (χ0v) is 25.2. The molecule has 3 N–H and O–H groups in total. The summed E-state index contributed by atoms with van der Waals surface area (Å²) >= 11 is 0. The van der Waals surface area contributed by atoms with Crippen molar-refractivity contribution in [3.8, 4) is 11.8 Å². The second kappa shape index (κ2) is 13.1. The Bertz CT molecular complexity index is 1860. The normalized spacial score (nSPS) is 13.9. The molecule has 5 aromatic rings. The summed E-state index contributed by atoms with van der Waals surface area (Å²) in [6.07, 6.45) is 4.32. The van der Waals surface area contributed by atoms with Gasteiger partial charge in [0.05, 0.1) is 6.61 Å². The van der Waals surface area contributed by atoms with Gasteiger partial charge in [0.25, 0.3) is 5.91 Å². The number of benzene rings is 3. The molecule has 45 heavy (non-hydrogen) atoms. The summed E-state index contributed by atoms with van der Waals surface area (Å²) in [5, 5.41) is 17.0. The molecule has 0 bridgehead atoms. The standard InChI is InChI=1S/C34H35N7O4/c1-3-44-34(43)39-31(35)24-10-9-23-19-30(32(42)38-26-11-15-40(2)16-12-26)41(29(23)20-24)21-25-18-27(45-33-36-13-6-14-37-33)17-22-7-4-5-8-28(22)25/h4-10,13-14,17-20,26H,3,11-12,15-16,21H2,1-2H3,(H,38,42)(H2,35,39,43). The van der Waals surface area contributed by atoms with Gasteiger partial charge in [-0.1, -0.05) is 36.4 Å². The molecule has 0 aliphatic carbocycles. The molecule has 3 aromatic carbocycles. The number of alkyl carbamates (subject to hydrolysis) is 1. The number of amidine groups is 1. The largest absolute Gasteiger partial charge is 0.450 e. The van der Waals surface area contributed by atoms with Crippen LogP contribution in [0.3, 0.4) is 0 Å². The minimum atomic E-state index is -0.693. The van der Waals surface area contributed by atoms with E-state index in [1.165, 1.54) is 0 Å². The number of aromatic nitrogens is 3. The zero-order valence-electron chi connectivity index (χ0n) is 25.2. The first-order valence-corrected chi connectivity index (χ1v) is 15.0. The van der Waals surface area contributed by atoms with Gasteiger partial charge in [0.2, 0.25) is 0 Å². The molecule has 1 saturated heterocycles. The molecule has 0 spiro atoms. The molecule has 0 atom stereocenters. The lowest BCUT2D eigenvalue weighted by molar-refractivity contribution is 0.0908. The summed E-state index contributed by atoms with van der Waals surface area (Å²) in [4.78, 5) is 36.6. The molecule has 1 aliphatic heterocycles. The van der Waals surface area contributed by atoms with Gasteiger partial charge in [0.1, 0.15) is 17.3 Å². The molecule has 0 saturated carbocycles. The maximum atomic E-state index is 13.9. The van der Waals surface area contributed by atoms with Crippen molar-refractivity contribution in [1.29, 1.82) is 5.41 Å². The third kappa shape index (κ3) is 6.78. The van der Waals surface area contributed by atoms with E-state index in [2.05, 4.69) is 32.5 Å². The first-order valence-electron chi connectivity index (χ1n) is 15.0. The second-order valence-corrected chi connectivity index (χ2v) is 11.1. The van der Waals surface area contributed by atoms with Crippen molar-refractivity contribution in [2.75, 3.05) is 26.7 Å². The Kier molecular flexibility index (Phi) is 8.70. The quantitative estimate of drug-likeness (QED) is 0.161. The maximum absolute atomic E-state index is 13.9. The second-order valence-electron chi connectivity index (χ2n) is 11.1. The monoisotopic (exact) mass is 605 g/mol. The van der Waals surface area contributed by atoms with Crippen LogP contribution in [0.4, 0.5) is 4.79 Å². The Morgan fingerprint density at radius 1 is 0.978 bits per heavy atom. The molecule has 11 nitrogen and oxygen atoms in total. The van der Waals surface area contributed by atoms with E-state index in [0.29, 0.717) is 23.6 Å². The number of ether oxygens (including phenoxy) is 2. The van der Waals surface area contributed by atoms with Crippen molar-refractivity contribution < 1.29 is 19.1 Å². The SMILES string of the molecule is CCOC(=O)NC(=N)c1ccc2cc(C(=O)NC3CCN(C)CC3)n(Cc3cc(Oc4ncccn4)cc4ccccc34)c2c1. The summed E-state index contributed by atoms with van der Waals surface area (Å²) in [6.45, 7) is 4.10. The van der Waals surface area contributed by atoms with Gasteiger partial charge in [-0.05, 0) is 86.6 Å². The molecular weight excluding hydrogens is 570 g/mol. The lowest BCUT2D eigenvalue weighted by Crippen LogP contribution is -2.43. The van der Waals surface area contributed by atoms with Gasteiger partial charge in [-0.25, -0.2) is 14.8 Å². The van der Waals surface area contributed by atoms with E-state index in [9.17, 15) is 9.59 Å². The lowest BCUT2D eigenvalue weighted by atomic mass is 10.0. The van der Waals surface area contributed by atoms with Gasteiger partial charge in [-0.15, -0.1) is 0 Å². The van der Waals surface area contributed by atoms with Crippen LogP contribution in [0.15, 0.2) is 79.1 Å². The molecule has 0 unspecified atom stereocenters. The third-order valence-corrected chi connectivity index (χ3v) is 7.98. The third-order valence-electron chi connectivity index (χ3n) is 7.98. The molecule has 0 radical (unpaired) electrons. The summed E-state index contributed by atoms with van der Waals surface area (Å²) in [7, 11) is 2.09. The number of carbonyl (C=O) groups is 2. The van der Waals surface area contributed by atoms with Gasteiger partial charge in [-0.3, -0.25) is 15.5 Å². The molecule has 3 heterocycles. The maximum Gasteiger partial charge on any atom is 0.412 e. The highest BCUT2D eigenvalue weighted by molar-refractivity contribution is 6.07. The van der Waals surface area contributed by atoms with E-state index in [4.69, 9.17) is 14.9 Å². The molecule has 11 heteroatoms. The van der Waals surface area contributed by atoms with Crippen molar-refractivity contribution in [3.05, 3.63) is 95.9 Å². The van der Waals surface area contributed by atoms with Crippen LogP contribution in [0.5, 0.6) is 11.8 Å². The summed E-state index contributed by atoms with van der Waals surface area (Å²) in [5.41, 5.74) is 2.67. The van der Waals surface area contributed by atoms with Gasteiger partial charge in [-0.2, -0.15) is 0 Å². The summed E-state index contributed by atoms with van der Waals surface area (Å²) in [6, 6.07) is 21.2. The van der Waals surface area contributed by atoms with E-state index in [1.807, 2.05) is 59.2 Å². The molecule has 1 fully saturated rings. The number of rotatable bonds is 8. The lowest BCUT2D eigenvalue weighted by Gasteiger charge is -2.29. The van der Waals surface area contributed by atoms with Crippen LogP contribution >= 0.6 is 0 Å². The molecule has 6 rings (SSSR count). The minimum absolute atomic E-state index is 0.0844. The van der Waals surface area contributed by atoms with Gasteiger partial charge in [0, 0.05) is 41.4 Å². The number of nitrogens with one attached hydrogen (secondary N) is 3. The molecule has 1 aliphatic rings. The van der Waals surface area contributed by atoms with Gasteiger partial charge in [0.15, 0.2) is 0 Å². The van der Waals surface area contributed by atoms with Crippen LogP contribution in [-0.2, 0) is 11.3 Å². The molecule has 2 amide bonds. The zero-order chi connectivity index (χ0) is 31.3. The Balaban J connectivity index is 1.42. The predicted molar refractivity (Wildman–Crippen MR) is 172 cm³/mol. The predicted octanol–water partition coefficient (Wildman–Crippen LogP) is 5.32. The Labute approximate surface area is 260 Å². The summed E-state index contributed by atoms with van der Waals surface area (Å²) < 4.78 is 13.0. The highest BCUT2D eigenvalue weighted by Crippen LogP contribution is 2.31. The van der Waals surface area contributed by atoms with Crippen LogP contribution in [0, 0.1) is 5.41 Å². The van der Waals surface area contributed by atoms with E-state index in [1.54, 1.807) is 31.5 Å². The first-order chi connectivity index (χ1) is 21.9. The first kappa shape index (κ1) is 29.8. The molecular formula is C34H35N7O4. The minimum Gasteiger partial charge on any atom is -0.450 e. The van der Waals surface area contributed by atoms with Crippen LogP contribution in [0.2, 0.25) is 0 Å². The van der Waals surface area contributed by atoms with Gasteiger partial charge < -0.3 is 24.3 Å². The van der Waals surface area contributed by atoms with Crippen LogP contribution in [0.25, 0.3) is 21.7 Å². The average Bonchev–Trinajstić information content (AvgIpc) is 3.40. The fourth-order valence-corrected chi connectivity index (χ4v) is 5.69. The van der Waals surface area contributed by atoms with E-state index < -0.39 is 6.09 Å². The molecule has 230 valence electrons. The van der Waals surface area contributed by atoms with Crippen LogP contribution in [0.1, 0.15) is 41.4 Å². The summed E-state index contributed by atoms with van der Waals surface area (Å²) in [5.74, 6) is 0.324. The van der Waals surface area contributed by atoms with Crippen molar-refractivity contribution in [2.45, 2.75) is 32.4 Å². The number of carbonyl (C=O) groups excluding carboxylic acids is 2. The number of hydrogen-bond acceptors (Lipinski definition) is 8. The van der Waals surface area contributed by atoms with Crippen LogP contribution < -0.4 is 15.4 Å². The highest BCUT2D eigenvalue weighted by Gasteiger charge is 2.23. The topological polar surface area (TPSA) is 134 Å². The Morgan fingerprint density at radius 2 is 1.76 bits per heavy atom. The fourth-order valence-electron chi connectivity index (χ4n) is 5.69. The number of hydrogen-bond donors (Lipinski definition) is 3. The van der Waals surface area contributed by atoms with Crippen molar-refractivity contribution in [1.82, 2.24) is 30.1 Å². The number of fused-ring (bicyclic) bond motifs is 2. The van der Waals surface area contributed by atoms with E-state index in [-0.39, 0.29) is 30.4 Å². The van der Waals surface area contributed by atoms with Crippen molar-refractivity contribution in [2.24, 2.45) is 0 Å². The number of piperidine rings is 1. The van der Waals surface area contributed by atoms with Crippen molar-refractivity contribution in [3.63, 3.8) is 0 Å². The van der Waals surface area contributed by atoms with E-state index in [0.717, 1.165) is 53.2 Å². The highest BCUT2D eigenvalue weighted by atomic mass is 16.5. The number of amides is 2. The Morgan fingerprint density at radius 3 is 2.53 bits per heavy atom. The van der Waals surface area contributed by atoms with E-state index >= 15 is 0 Å². The van der Waals surface area contributed by atoms with Gasteiger partial charge >= 0.3 is 12.1 Å². The number of likely N-dealkylation sites (tertiary alicyclic amines) is 1. The average molecular weight is 606 g/mol. The number of nitrogens with zero attached hydrogens (tertiary/aromatic N) is 4. The smallest absolute Gasteiger partial charge is 0.412 e. The van der Waals surface area contributed by atoms with Crippen molar-refractivity contribution >= 4 is 39.5 Å². The van der Waals surface area contributed by atoms with Crippen LogP contribution in [-0.4, -0.2) is 70.1 Å². The fraction of sp³-hybridized carbons (Fsp3) is 0.265. The molecule has 2 aromatic heterocycles.